The molecule has 1 heterocycles. The van der Waals surface area contributed by atoms with E-state index in [9.17, 15) is 15.0 Å². The summed E-state index contributed by atoms with van der Waals surface area (Å²) in [7, 11) is 1.82. The number of hydrogen-bond acceptors (Lipinski definition) is 5. The molecule has 0 bridgehead atoms. The molecule has 6 nitrogen and oxygen atoms in total. The lowest BCUT2D eigenvalue weighted by atomic mass is 9.70. The number of nitrogens with zero attached hydrogens (tertiary/aromatic N) is 2. The number of aliphatic hydroxyl groups excluding tert-OH is 2. The SMILES string of the molecule is CCCc1cc(Cl)ccc1C1COc2ccc(C(C)O)cc2N(CC2CCC2C(O)/C=C/CCCN(C)C(C)=O)C1. The molecule has 0 aromatic heterocycles. The first-order valence-corrected chi connectivity index (χ1v) is 15.6. The predicted molar refractivity (Wildman–Crippen MR) is 167 cm³/mol. The fourth-order valence-corrected chi connectivity index (χ4v) is 6.32. The molecule has 0 radical (unpaired) electrons. The molecule has 2 aliphatic rings. The predicted octanol–water partition coefficient (Wildman–Crippen LogP) is 6.53. The van der Waals surface area contributed by atoms with Crippen molar-refractivity contribution in [3.63, 3.8) is 0 Å². The molecule has 1 amide bonds. The Morgan fingerprint density at radius 1 is 1.22 bits per heavy atom. The molecule has 2 aromatic carbocycles. The normalized spacial score (nSPS) is 21.9. The largest absolute Gasteiger partial charge is 0.491 e. The van der Waals surface area contributed by atoms with Crippen molar-refractivity contribution in [2.24, 2.45) is 11.8 Å². The quantitative estimate of drug-likeness (QED) is 0.220. The van der Waals surface area contributed by atoms with Crippen molar-refractivity contribution in [3.05, 3.63) is 70.3 Å². The van der Waals surface area contributed by atoms with E-state index >= 15 is 0 Å². The van der Waals surface area contributed by atoms with Crippen molar-refractivity contribution >= 4 is 23.2 Å². The molecule has 1 saturated carbocycles. The smallest absolute Gasteiger partial charge is 0.219 e. The maximum atomic E-state index is 11.4. The third-order valence-corrected chi connectivity index (χ3v) is 9.09. The first-order valence-electron chi connectivity index (χ1n) is 15.2. The highest BCUT2D eigenvalue weighted by molar-refractivity contribution is 6.30. The van der Waals surface area contributed by atoms with Crippen LogP contribution in [-0.2, 0) is 11.2 Å². The van der Waals surface area contributed by atoms with Crippen molar-refractivity contribution < 1.29 is 19.7 Å². The number of benzene rings is 2. The van der Waals surface area contributed by atoms with Crippen molar-refractivity contribution in [2.45, 2.75) is 77.4 Å². The van der Waals surface area contributed by atoms with Gasteiger partial charge in [-0.25, -0.2) is 0 Å². The van der Waals surface area contributed by atoms with Crippen molar-refractivity contribution in [1.29, 1.82) is 0 Å². The van der Waals surface area contributed by atoms with E-state index in [-0.39, 0.29) is 17.7 Å². The maximum absolute atomic E-state index is 11.4. The average molecular weight is 583 g/mol. The van der Waals surface area contributed by atoms with Gasteiger partial charge in [0.05, 0.1) is 24.5 Å². The molecule has 0 spiro atoms. The van der Waals surface area contributed by atoms with Gasteiger partial charge in [0.25, 0.3) is 0 Å². The minimum atomic E-state index is -0.563. The van der Waals surface area contributed by atoms with Crippen molar-refractivity contribution in [1.82, 2.24) is 4.90 Å². The van der Waals surface area contributed by atoms with Gasteiger partial charge in [0.15, 0.2) is 0 Å². The second kappa shape index (κ2) is 14.6. The van der Waals surface area contributed by atoms with Gasteiger partial charge < -0.3 is 24.7 Å². The zero-order valence-corrected chi connectivity index (χ0v) is 25.8. The van der Waals surface area contributed by atoms with E-state index in [0.717, 1.165) is 80.2 Å². The molecule has 7 heteroatoms. The number of ether oxygens (including phenoxy) is 1. The first-order chi connectivity index (χ1) is 19.7. The number of fused-ring (bicyclic) bond motifs is 1. The van der Waals surface area contributed by atoms with Gasteiger partial charge in [-0.2, -0.15) is 0 Å². The van der Waals surface area contributed by atoms with Gasteiger partial charge in [-0.1, -0.05) is 49.2 Å². The number of allylic oxidation sites excluding steroid dienone is 1. The Balaban J connectivity index is 1.50. The summed E-state index contributed by atoms with van der Waals surface area (Å²) in [6.07, 6.45) is 8.80. The van der Waals surface area contributed by atoms with Gasteiger partial charge >= 0.3 is 0 Å². The molecule has 41 heavy (non-hydrogen) atoms. The van der Waals surface area contributed by atoms with Crippen LogP contribution in [0.2, 0.25) is 5.02 Å². The summed E-state index contributed by atoms with van der Waals surface area (Å²) < 4.78 is 6.42. The zero-order chi connectivity index (χ0) is 29.5. The highest BCUT2D eigenvalue weighted by Crippen LogP contribution is 2.43. The number of carbonyl (C=O) groups is 1. The Bertz CT molecular complexity index is 1200. The standard InChI is InChI=1S/C34H47ClN2O4/c1-5-9-26-18-29(35)13-15-30(26)28-21-37(32-19-25(23(2)38)12-16-34(32)41-22-28)20-27-11-14-31(27)33(40)10-7-6-8-17-36(4)24(3)39/h7,10,12-13,15-16,18-19,23,27-28,31,33,38,40H,5-6,8-9,11,14,17,20-22H2,1-4H3/b10-7+. The summed E-state index contributed by atoms with van der Waals surface area (Å²) in [6, 6.07) is 12.2. The van der Waals surface area contributed by atoms with Crippen LogP contribution in [-0.4, -0.2) is 60.4 Å². The van der Waals surface area contributed by atoms with Crippen LogP contribution in [0.1, 0.15) is 81.6 Å². The van der Waals surface area contributed by atoms with Crippen LogP contribution in [0, 0.1) is 11.8 Å². The Morgan fingerprint density at radius 3 is 2.71 bits per heavy atom. The molecule has 5 unspecified atom stereocenters. The van der Waals surface area contributed by atoms with E-state index < -0.39 is 12.2 Å². The number of aryl methyl sites for hydroxylation is 1. The van der Waals surface area contributed by atoms with E-state index in [2.05, 4.69) is 36.1 Å². The highest BCUT2D eigenvalue weighted by Gasteiger charge is 2.38. The number of aliphatic hydroxyl groups is 2. The third-order valence-electron chi connectivity index (χ3n) is 8.86. The minimum absolute atomic E-state index is 0.0762. The molecule has 0 saturated heterocycles. The lowest BCUT2D eigenvalue weighted by molar-refractivity contribution is -0.127. The summed E-state index contributed by atoms with van der Waals surface area (Å²) in [4.78, 5) is 15.5. The lowest BCUT2D eigenvalue weighted by Gasteiger charge is -2.42. The van der Waals surface area contributed by atoms with Crippen LogP contribution in [0.25, 0.3) is 0 Å². The number of amides is 1. The number of carbonyl (C=O) groups excluding carboxylic acids is 1. The van der Waals surface area contributed by atoms with Crippen LogP contribution in [0.3, 0.4) is 0 Å². The fourth-order valence-electron chi connectivity index (χ4n) is 6.13. The van der Waals surface area contributed by atoms with E-state index in [1.165, 1.54) is 11.1 Å². The van der Waals surface area contributed by atoms with Gasteiger partial charge in [0.1, 0.15) is 5.75 Å². The van der Waals surface area contributed by atoms with E-state index in [0.29, 0.717) is 12.5 Å². The lowest BCUT2D eigenvalue weighted by Crippen LogP contribution is -2.44. The van der Waals surface area contributed by atoms with Crippen LogP contribution < -0.4 is 9.64 Å². The summed E-state index contributed by atoms with van der Waals surface area (Å²) in [5.41, 5.74) is 4.45. The highest BCUT2D eigenvalue weighted by atomic mass is 35.5. The molecule has 2 aromatic rings. The summed E-state index contributed by atoms with van der Waals surface area (Å²) in [5, 5.41) is 22.1. The molecule has 1 aliphatic carbocycles. The number of hydrogen-bond donors (Lipinski definition) is 2. The van der Waals surface area contributed by atoms with Crippen LogP contribution in [0.5, 0.6) is 5.75 Å². The molecule has 1 fully saturated rings. The van der Waals surface area contributed by atoms with Gasteiger partial charge in [-0.3, -0.25) is 4.79 Å². The summed E-state index contributed by atoms with van der Waals surface area (Å²) in [6.45, 7) is 8.49. The number of unbranched alkanes of at least 4 members (excludes halogenated alkanes) is 1. The zero-order valence-electron chi connectivity index (χ0n) is 25.1. The summed E-state index contributed by atoms with van der Waals surface area (Å²) in [5.74, 6) is 1.67. The van der Waals surface area contributed by atoms with E-state index in [1.54, 1.807) is 18.7 Å². The molecule has 5 atom stereocenters. The van der Waals surface area contributed by atoms with Gasteiger partial charge in [0, 0.05) is 44.5 Å². The molecule has 1 aliphatic heterocycles. The second-order valence-corrected chi connectivity index (χ2v) is 12.3. The molecular formula is C34H47ClN2O4. The first kappa shape index (κ1) is 31.4. The number of halogens is 1. The van der Waals surface area contributed by atoms with Crippen LogP contribution in [0.4, 0.5) is 5.69 Å². The van der Waals surface area contributed by atoms with E-state index in [4.69, 9.17) is 16.3 Å². The maximum Gasteiger partial charge on any atom is 0.219 e. The number of anilines is 1. The molecule has 4 rings (SSSR count). The number of rotatable bonds is 12. The van der Waals surface area contributed by atoms with E-state index in [1.807, 2.05) is 31.3 Å². The monoisotopic (exact) mass is 582 g/mol. The Labute approximate surface area is 251 Å². The molecule has 2 N–H and O–H groups in total. The Morgan fingerprint density at radius 2 is 2.02 bits per heavy atom. The van der Waals surface area contributed by atoms with Gasteiger partial charge in [-0.15, -0.1) is 0 Å². The topological polar surface area (TPSA) is 73.2 Å². The van der Waals surface area contributed by atoms with Crippen LogP contribution in [0.15, 0.2) is 48.6 Å². The Kier molecular flexibility index (Phi) is 11.2. The summed E-state index contributed by atoms with van der Waals surface area (Å²) >= 11 is 6.38. The van der Waals surface area contributed by atoms with Crippen molar-refractivity contribution in [2.75, 3.05) is 38.2 Å². The van der Waals surface area contributed by atoms with Gasteiger partial charge in [-0.05, 0) is 91.8 Å². The van der Waals surface area contributed by atoms with Crippen molar-refractivity contribution in [3.8, 4) is 5.75 Å². The second-order valence-electron chi connectivity index (χ2n) is 11.9. The average Bonchev–Trinajstić information content (AvgIpc) is 3.10. The van der Waals surface area contributed by atoms with Crippen LogP contribution >= 0.6 is 11.6 Å². The minimum Gasteiger partial charge on any atom is -0.491 e. The van der Waals surface area contributed by atoms with Gasteiger partial charge in [0.2, 0.25) is 5.91 Å². The Hall–Kier alpha value is -2.54. The third kappa shape index (κ3) is 8.06. The fraction of sp³-hybridized carbons (Fsp3) is 0.559. The molecular weight excluding hydrogens is 536 g/mol. The molecule has 224 valence electrons.